The van der Waals surface area contributed by atoms with Gasteiger partial charge in [0, 0.05) is 35.4 Å². The number of aromatic nitrogens is 2. The van der Waals surface area contributed by atoms with Gasteiger partial charge in [-0.05, 0) is 42.0 Å². The van der Waals surface area contributed by atoms with Crippen molar-refractivity contribution in [1.29, 1.82) is 0 Å². The summed E-state index contributed by atoms with van der Waals surface area (Å²) >= 11 is 3.43. The Balaban J connectivity index is 1.73. The van der Waals surface area contributed by atoms with E-state index in [1.165, 1.54) is 0 Å². The second-order valence-corrected chi connectivity index (χ2v) is 7.66. The second kappa shape index (κ2) is 8.23. The Morgan fingerprint density at radius 3 is 2.50 bits per heavy atom. The van der Waals surface area contributed by atoms with E-state index in [1.54, 1.807) is 32.5 Å². The summed E-state index contributed by atoms with van der Waals surface area (Å²) in [6.07, 6.45) is 3.51. The predicted molar refractivity (Wildman–Crippen MR) is 116 cm³/mol. The highest BCUT2D eigenvalue weighted by Crippen LogP contribution is 2.30. The SMILES string of the molecule is COc1cc(OC)cc(C(NC(=O)c2cc3cc(Br)ccc3o2)c2nccn2C)c1. The number of ether oxygens (including phenoxy) is 2. The predicted octanol–water partition coefficient (Wildman–Crippen LogP) is 4.47. The van der Waals surface area contributed by atoms with Crippen LogP contribution in [0.3, 0.4) is 0 Å². The van der Waals surface area contributed by atoms with Crippen molar-refractivity contribution in [2.24, 2.45) is 7.05 Å². The van der Waals surface area contributed by atoms with Gasteiger partial charge in [-0.1, -0.05) is 15.9 Å². The molecule has 1 N–H and O–H groups in total. The van der Waals surface area contributed by atoms with E-state index in [-0.39, 0.29) is 11.7 Å². The number of fused-ring (bicyclic) bond motifs is 1. The van der Waals surface area contributed by atoms with Crippen molar-refractivity contribution in [2.45, 2.75) is 6.04 Å². The number of nitrogens with zero attached hydrogens (tertiary/aromatic N) is 2. The number of carbonyl (C=O) groups excluding carboxylic acids is 1. The zero-order valence-corrected chi connectivity index (χ0v) is 18.3. The van der Waals surface area contributed by atoms with Gasteiger partial charge in [-0.3, -0.25) is 4.79 Å². The van der Waals surface area contributed by atoms with Crippen LogP contribution in [0.15, 0.2) is 63.7 Å². The number of hydrogen-bond donors (Lipinski definition) is 1. The number of halogens is 1. The summed E-state index contributed by atoms with van der Waals surface area (Å²) in [7, 11) is 5.04. The lowest BCUT2D eigenvalue weighted by Crippen LogP contribution is -2.31. The first-order valence-corrected chi connectivity index (χ1v) is 9.98. The van der Waals surface area contributed by atoms with Crippen LogP contribution < -0.4 is 14.8 Å². The van der Waals surface area contributed by atoms with Crippen molar-refractivity contribution in [3.63, 3.8) is 0 Å². The van der Waals surface area contributed by atoms with Crippen LogP contribution in [0.4, 0.5) is 0 Å². The molecule has 0 fully saturated rings. The number of furan rings is 1. The number of carbonyl (C=O) groups is 1. The minimum atomic E-state index is -0.540. The number of nitrogens with one attached hydrogen (secondary N) is 1. The largest absolute Gasteiger partial charge is 0.497 e. The summed E-state index contributed by atoms with van der Waals surface area (Å²) in [6.45, 7) is 0. The zero-order valence-electron chi connectivity index (χ0n) is 16.7. The Labute approximate surface area is 181 Å². The van der Waals surface area contributed by atoms with Crippen molar-refractivity contribution in [1.82, 2.24) is 14.9 Å². The molecule has 0 saturated heterocycles. The molecule has 4 aromatic rings. The zero-order chi connectivity index (χ0) is 21.3. The standard InChI is InChI=1S/C22H20BrN3O4/c1-26-7-6-24-21(26)20(14-9-16(28-2)12-17(10-14)29-3)25-22(27)19-11-13-8-15(23)4-5-18(13)30-19/h4-12,20H,1-3H3,(H,25,27). The molecular weight excluding hydrogens is 450 g/mol. The molecule has 30 heavy (non-hydrogen) atoms. The minimum Gasteiger partial charge on any atom is -0.497 e. The van der Waals surface area contributed by atoms with E-state index in [2.05, 4.69) is 26.2 Å². The number of rotatable bonds is 6. The highest BCUT2D eigenvalue weighted by Gasteiger charge is 2.24. The molecule has 1 unspecified atom stereocenters. The Morgan fingerprint density at radius 1 is 1.13 bits per heavy atom. The third-order valence-electron chi connectivity index (χ3n) is 4.80. The highest BCUT2D eigenvalue weighted by atomic mass is 79.9. The number of hydrogen-bond acceptors (Lipinski definition) is 5. The quantitative estimate of drug-likeness (QED) is 0.450. The molecule has 4 rings (SSSR count). The van der Waals surface area contributed by atoms with E-state index in [0.29, 0.717) is 22.9 Å². The molecule has 0 aliphatic heterocycles. The molecule has 0 bridgehead atoms. The molecular formula is C22H20BrN3O4. The minimum absolute atomic E-state index is 0.220. The lowest BCUT2D eigenvalue weighted by atomic mass is 10.0. The van der Waals surface area contributed by atoms with E-state index < -0.39 is 6.04 Å². The lowest BCUT2D eigenvalue weighted by molar-refractivity contribution is 0.0915. The van der Waals surface area contributed by atoms with Crippen LogP contribution in [0, 0.1) is 0 Å². The first-order valence-electron chi connectivity index (χ1n) is 9.18. The van der Waals surface area contributed by atoms with Gasteiger partial charge in [-0.15, -0.1) is 0 Å². The third-order valence-corrected chi connectivity index (χ3v) is 5.29. The summed E-state index contributed by atoms with van der Waals surface area (Å²) in [6, 6.07) is 12.2. The Kier molecular flexibility index (Phi) is 5.50. The van der Waals surface area contributed by atoms with Gasteiger partial charge in [0.15, 0.2) is 5.76 Å². The van der Waals surface area contributed by atoms with Crippen LogP contribution in [-0.2, 0) is 7.05 Å². The maximum atomic E-state index is 13.1. The fraction of sp³-hybridized carbons (Fsp3) is 0.182. The Hall–Kier alpha value is -3.26. The number of imidazole rings is 1. The van der Waals surface area contributed by atoms with E-state index >= 15 is 0 Å². The fourth-order valence-corrected chi connectivity index (χ4v) is 3.66. The average Bonchev–Trinajstić information content (AvgIpc) is 3.37. The molecule has 0 radical (unpaired) electrons. The highest BCUT2D eigenvalue weighted by molar-refractivity contribution is 9.10. The summed E-state index contributed by atoms with van der Waals surface area (Å²) < 4.78 is 19.3. The van der Waals surface area contributed by atoms with Crippen LogP contribution in [-0.4, -0.2) is 29.7 Å². The number of aryl methyl sites for hydroxylation is 1. The first-order chi connectivity index (χ1) is 14.5. The number of amides is 1. The van der Waals surface area contributed by atoms with E-state index in [0.717, 1.165) is 15.4 Å². The average molecular weight is 470 g/mol. The topological polar surface area (TPSA) is 78.5 Å². The van der Waals surface area contributed by atoms with Crippen LogP contribution in [0.25, 0.3) is 11.0 Å². The van der Waals surface area contributed by atoms with E-state index in [1.807, 2.05) is 48.1 Å². The van der Waals surface area contributed by atoms with Gasteiger partial charge < -0.3 is 23.8 Å². The molecule has 0 saturated carbocycles. The maximum absolute atomic E-state index is 13.1. The second-order valence-electron chi connectivity index (χ2n) is 6.74. The van der Waals surface area contributed by atoms with Crippen LogP contribution in [0.2, 0.25) is 0 Å². The van der Waals surface area contributed by atoms with Crippen molar-refractivity contribution >= 4 is 32.8 Å². The normalized spacial score (nSPS) is 12.0. The van der Waals surface area contributed by atoms with Crippen molar-refractivity contribution in [3.05, 3.63) is 76.5 Å². The van der Waals surface area contributed by atoms with E-state index in [9.17, 15) is 4.79 Å². The molecule has 2 aromatic heterocycles. The summed E-state index contributed by atoms with van der Waals surface area (Å²) in [4.78, 5) is 17.5. The third kappa shape index (κ3) is 3.91. The molecule has 0 spiro atoms. The van der Waals surface area contributed by atoms with E-state index in [4.69, 9.17) is 13.9 Å². The van der Waals surface area contributed by atoms with Crippen molar-refractivity contribution < 1.29 is 18.7 Å². The molecule has 0 aliphatic rings. The molecule has 1 amide bonds. The first kappa shape index (κ1) is 20.0. The monoisotopic (exact) mass is 469 g/mol. The molecule has 0 aliphatic carbocycles. The van der Waals surface area contributed by atoms with Crippen LogP contribution in [0.1, 0.15) is 28.0 Å². The molecule has 7 nitrogen and oxygen atoms in total. The molecule has 154 valence electrons. The number of methoxy groups -OCH3 is 2. The van der Waals surface area contributed by atoms with Crippen molar-refractivity contribution in [3.8, 4) is 11.5 Å². The molecule has 2 aromatic carbocycles. The summed E-state index contributed by atoms with van der Waals surface area (Å²) in [5.74, 6) is 1.77. The van der Waals surface area contributed by atoms with Gasteiger partial charge in [-0.2, -0.15) is 0 Å². The summed E-state index contributed by atoms with van der Waals surface area (Å²) in [5, 5.41) is 3.87. The van der Waals surface area contributed by atoms with Gasteiger partial charge >= 0.3 is 0 Å². The Morgan fingerprint density at radius 2 is 1.87 bits per heavy atom. The molecule has 8 heteroatoms. The maximum Gasteiger partial charge on any atom is 0.287 e. The molecule has 1 atom stereocenters. The van der Waals surface area contributed by atoms with Crippen molar-refractivity contribution in [2.75, 3.05) is 14.2 Å². The van der Waals surface area contributed by atoms with Gasteiger partial charge in [0.1, 0.15) is 28.9 Å². The van der Waals surface area contributed by atoms with Crippen LogP contribution in [0.5, 0.6) is 11.5 Å². The van der Waals surface area contributed by atoms with Gasteiger partial charge in [0.05, 0.1) is 14.2 Å². The van der Waals surface area contributed by atoms with Gasteiger partial charge in [0.2, 0.25) is 0 Å². The number of benzene rings is 2. The Bertz CT molecular complexity index is 1190. The summed E-state index contributed by atoms with van der Waals surface area (Å²) in [5.41, 5.74) is 1.41. The van der Waals surface area contributed by atoms with Gasteiger partial charge in [0.25, 0.3) is 5.91 Å². The van der Waals surface area contributed by atoms with Crippen LogP contribution >= 0.6 is 15.9 Å². The molecule has 2 heterocycles. The van der Waals surface area contributed by atoms with Gasteiger partial charge in [-0.25, -0.2) is 4.98 Å². The lowest BCUT2D eigenvalue weighted by Gasteiger charge is -2.20. The smallest absolute Gasteiger partial charge is 0.287 e. The fourth-order valence-electron chi connectivity index (χ4n) is 3.28.